The van der Waals surface area contributed by atoms with Gasteiger partial charge in [0, 0.05) is 11.8 Å². The Balaban J connectivity index is 1.85. The summed E-state index contributed by atoms with van der Waals surface area (Å²) in [4.78, 5) is 25.2. The van der Waals surface area contributed by atoms with Gasteiger partial charge in [-0.15, -0.1) is 0 Å². The van der Waals surface area contributed by atoms with Crippen LogP contribution in [0.4, 0.5) is 11.4 Å². The maximum Gasteiger partial charge on any atom is 0.338 e. The number of rotatable bonds is 12. The lowest BCUT2D eigenvalue weighted by Gasteiger charge is -2.25. The highest BCUT2D eigenvalue weighted by molar-refractivity contribution is 7.92. The first-order valence-corrected chi connectivity index (χ1v) is 13.5. The molecule has 1 N–H and O–H groups in total. The third-order valence-electron chi connectivity index (χ3n) is 5.69. The lowest BCUT2D eigenvalue weighted by Crippen LogP contribution is -2.38. The van der Waals surface area contributed by atoms with Crippen molar-refractivity contribution in [3.8, 4) is 11.5 Å². The van der Waals surface area contributed by atoms with E-state index in [4.69, 9.17) is 14.2 Å². The molecule has 0 saturated carbocycles. The summed E-state index contributed by atoms with van der Waals surface area (Å²) in [6, 6.07) is 17.2. The van der Waals surface area contributed by atoms with Crippen molar-refractivity contribution in [2.24, 2.45) is 0 Å². The van der Waals surface area contributed by atoms with Gasteiger partial charge in [-0.05, 0) is 61.9 Å². The lowest BCUT2D eigenvalue weighted by atomic mass is 10.2. The minimum Gasteiger partial charge on any atom is -0.493 e. The number of carbonyl (C=O) groups excluding carboxylic acids is 2. The van der Waals surface area contributed by atoms with Crippen molar-refractivity contribution in [2.45, 2.75) is 31.6 Å². The highest BCUT2D eigenvalue weighted by Gasteiger charge is 2.28. The summed E-state index contributed by atoms with van der Waals surface area (Å²) < 4.78 is 44.1. The van der Waals surface area contributed by atoms with E-state index in [1.807, 2.05) is 13.8 Å². The number of nitrogens with zero attached hydrogens (tertiary/aromatic N) is 1. The van der Waals surface area contributed by atoms with E-state index in [2.05, 4.69) is 5.32 Å². The Morgan fingerprint density at radius 1 is 0.895 bits per heavy atom. The number of sulfonamides is 1. The number of methoxy groups -OCH3 is 2. The molecule has 0 aliphatic rings. The number of benzene rings is 3. The van der Waals surface area contributed by atoms with Gasteiger partial charge in [-0.3, -0.25) is 9.10 Å². The van der Waals surface area contributed by atoms with Crippen LogP contribution in [0, 0.1) is 6.92 Å². The van der Waals surface area contributed by atoms with Gasteiger partial charge < -0.3 is 19.5 Å². The second-order valence-corrected chi connectivity index (χ2v) is 10.3. The summed E-state index contributed by atoms with van der Waals surface area (Å²) in [6.07, 6.45) is 1.69. The minimum atomic E-state index is -4.12. The molecule has 0 aromatic heterocycles. The van der Waals surface area contributed by atoms with E-state index in [9.17, 15) is 18.0 Å². The number of amides is 1. The van der Waals surface area contributed by atoms with E-state index in [1.54, 1.807) is 48.5 Å². The van der Waals surface area contributed by atoms with Crippen LogP contribution in [0.15, 0.2) is 71.6 Å². The number of esters is 1. The number of aryl methyl sites for hydroxylation is 1. The molecule has 38 heavy (non-hydrogen) atoms. The number of carbonyl (C=O) groups is 2. The van der Waals surface area contributed by atoms with Crippen LogP contribution in [-0.4, -0.2) is 47.7 Å². The standard InChI is InChI=1S/C28H32N2O7S/c1-5-6-17-37-28(32)21-9-11-22(12-10-21)29-27(31)19-30(23-13-16-25(35-3)26(18-23)36-4)38(33,34)24-14-7-20(2)8-15-24/h7-16,18H,5-6,17,19H2,1-4H3,(H,29,31). The second-order valence-electron chi connectivity index (χ2n) is 8.48. The molecule has 10 heteroatoms. The average Bonchev–Trinajstić information content (AvgIpc) is 2.92. The van der Waals surface area contributed by atoms with Crippen molar-refractivity contribution in [3.63, 3.8) is 0 Å². The van der Waals surface area contributed by atoms with Crippen LogP contribution in [0.25, 0.3) is 0 Å². The van der Waals surface area contributed by atoms with Crippen LogP contribution in [0.2, 0.25) is 0 Å². The Hall–Kier alpha value is -4.05. The highest BCUT2D eigenvalue weighted by atomic mass is 32.2. The molecule has 0 spiro atoms. The number of unbranched alkanes of at least 4 members (excludes halogenated alkanes) is 1. The SMILES string of the molecule is CCCCOC(=O)c1ccc(NC(=O)CN(c2ccc(OC)c(OC)c2)S(=O)(=O)c2ccc(C)cc2)cc1. The van der Waals surface area contributed by atoms with Crippen LogP contribution < -0.4 is 19.1 Å². The van der Waals surface area contributed by atoms with Gasteiger partial charge >= 0.3 is 5.97 Å². The Morgan fingerprint density at radius 2 is 1.55 bits per heavy atom. The maximum atomic E-state index is 13.6. The Labute approximate surface area is 223 Å². The van der Waals surface area contributed by atoms with Gasteiger partial charge in [-0.25, -0.2) is 13.2 Å². The third-order valence-corrected chi connectivity index (χ3v) is 7.47. The fraction of sp³-hybridized carbons (Fsp3) is 0.286. The summed E-state index contributed by atoms with van der Waals surface area (Å²) in [5, 5.41) is 2.69. The molecule has 0 fully saturated rings. The van der Waals surface area contributed by atoms with E-state index in [-0.39, 0.29) is 10.6 Å². The van der Waals surface area contributed by atoms with Gasteiger partial charge in [0.2, 0.25) is 5.91 Å². The van der Waals surface area contributed by atoms with Crippen LogP contribution in [0.1, 0.15) is 35.7 Å². The highest BCUT2D eigenvalue weighted by Crippen LogP contribution is 2.34. The molecule has 0 heterocycles. The predicted molar refractivity (Wildman–Crippen MR) is 146 cm³/mol. The first kappa shape index (κ1) is 28.5. The van der Waals surface area contributed by atoms with Crippen molar-refractivity contribution >= 4 is 33.3 Å². The molecule has 3 rings (SSSR count). The van der Waals surface area contributed by atoms with Crippen molar-refractivity contribution in [3.05, 3.63) is 77.9 Å². The molecule has 0 saturated heterocycles. The molecule has 0 aliphatic carbocycles. The first-order chi connectivity index (χ1) is 18.2. The zero-order chi connectivity index (χ0) is 27.7. The van der Waals surface area contributed by atoms with Crippen molar-refractivity contribution in [2.75, 3.05) is 37.0 Å². The van der Waals surface area contributed by atoms with Gasteiger partial charge in [0.05, 0.1) is 37.0 Å². The van der Waals surface area contributed by atoms with Crippen LogP contribution in [-0.2, 0) is 19.6 Å². The quantitative estimate of drug-likeness (QED) is 0.259. The molecule has 0 unspecified atom stereocenters. The molecule has 202 valence electrons. The van der Waals surface area contributed by atoms with Gasteiger partial charge in [-0.2, -0.15) is 0 Å². The van der Waals surface area contributed by atoms with Crippen LogP contribution in [0.3, 0.4) is 0 Å². The van der Waals surface area contributed by atoms with Crippen molar-refractivity contribution in [1.82, 2.24) is 0 Å². The molecule has 3 aromatic carbocycles. The lowest BCUT2D eigenvalue weighted by molar-refractivity contribution is -0.114. The molecular weight excluding hydrogens is 508 g/mol. The van der Waals surface area contributed by atoms with E-state index in [0.717, 1.165) is 22.7 Å². The van der Waals surface area contributed by atoms with E-state index >= 15 is 0 Å². The fourth-order valence-electron chi connectivity index (χ4n) is 3.55. The number of nitrogens with one attached hydrogen (secondary N) is 1. The molecular formula is C28H32N2O7S. The summed E-state index contributed by atoms with van der Waals surface area (Å²) >= 11 is 0. The molecule has 0 bridgehead atoms. The monoisotopic (exact) mass is 540 g/mol. The largest absolute Gasteiger partial charge is 0.493 e. The predicted octanol–water partition coefficient (Wildman–Crippen LogP) is 4.80. The number of hydrogen-bond acceptors (Lipinski definition) is 7. The number of anilines is 2. The van der Waals surface area contributed by atoms with E-state index < -0.39 is 28.4 Å². The second kappa shape index (κ2) is 13.0. The van der Waals surface area contributed by atoms with Crippen molar-refractivity contribution < 1.29 is 32.2 Å². The topological polar surface area (TPSA) is 111 Å². The molecule has 0 aliphatic heterocycles. The van der Waals surface area contributed by atoms with Crippen LogP contribution >= 0.6 is 0 Å². The molecule has 0 atom stereocenters. The summed E-state index contributed by atoms with van der Waals surface area (Å²) in [6.45, 7) is 3.69. The Morgan fingerprint density at radius 3 is 2.16 bits per heavy atom. The van der Waals surface area contributed by atoms with E-state index in [0.29, 0.717) is 29.4 Å². The maximum absolute atomic E-state index is 13.6. The van der Waals surface area contributed by atoms with Gasteiger partial charge in [0.1, 0.15) is 6.54 Å². The Bertz CT molecular complexity index is 1350. The van der Waals surface area contributed by atoms with Gasteiger partial charge in [0.25, 0.3) is 10.0 Å². The summed E-state index contributed by atoms with van der Waals surface area (Å²) in [7, 11) is -1.20. The van der Waals surface area contributed by atoms with E-state index in [1.165, 1.54) is 32.4 Å². The number of hydrogen-bond donors (Lipinski definition) is 1. The van der Waals surface area contributed by atoms with Gasteiger partial charge in [0.15, 0.2) is 11.5 Å². The molecule has 3 aromatic rings. The molecule has 1 amide bonds. The van der Waals surface area contributed by atoms with Crippen molar-refractivity contribution in [1.29, 1.82) is 0 Å². The molecule has 0 radical (unpaired) electrons. The normalized spacial score (nSPS) is 10.9. The summed E-state index contributed by atoms with van der Waals surface area (Å²) in [5.41, 5.74) is 1.88. The smallest absolute Gasteiger partial charge is 0.338 e. The van der Waals surface area contributed by atoms with Crippen LogP contribution in [0.5, 0.6) is 11.5 Å². The fourth-order valence-corrected chi connectivity index (χ4v) is 4.96. The third kappa shape index (κ3) is 7.04. The Kier molecular flexibility index (Phi) is 9.72. The minimum absolute atomic E-state index is 0.0385. The zero-order valence-corrected chi connectivity index (χ0v) is 22.7. The zero-order valence-electron chi connectivity index (χ0n) is 21.9. The number of ether oxygens (including phenoxy) is 3. The first-order valence-electron chi connectivity index (χ1n) is 12.1. The average molecular weight is 541 g/mol. The van der Waals surface area contributed by atoms with Gasteiger partial charge in [-0.1, -0.05) is 31.0 Å². The molecule has 9 nitrogen and oxygen atoms in total. The summed E-state index contributed by atoms with van der Waals surface area (Å²) in [5.74, 6) is -0.286.